The molecule has 0 atom stereocenters. The molecular formula is C11H11F2N3O. The standard InChI is InChI=1S/C11H11F2N3O/c1-2-16-10(6-17)14-15-11(16)8-4-3-7(12)5-9(8)13/h3-5,17H,2,6H2,1H3. The maximum absolute atomic E-state index is 13.6. The number of aromatic nitrogens is 3. The predicted molar refractivity (Wildman–Crippen MR) is 57.0 cm³/mol. The van der Waals surface area contributed by atoms with E-state index in [2.05, 4.69) is 10.2 Å². The molecule has 1 heterocycles. The van der Waals surface area contributed by atoms with Crippen molar-refractivity contribution >= 4 is 0 Å². The summed E-state index contributed by atoms with van der Waals surface area (Å²) in [7, 11) is 0. The molecule has 2 rings (SSSR count). The van der Waals surface area contributed by atoms with Gasteiger partial charge in [-0.15, -0.1) is 10.2 Å². The summed E-state index contributed by atoms with van der Waals surface area (Å²) in [6, 6.07) is 3.26. The minimum absolute atomic E-state index is 0.167. The van der Waals surface area contributed by atoms with Crippen molar-refractivity contribution < 1.29 is 13.9 Å². The highest BCUT2D eigenvalue weighted by Gasteiger charge is 2.15. The summed E-state index contributed by atoms with van der Waals surface area (Å²) in [4.78, 5) is 0. The number of rotatable bonds is 3. The molecule has 0 saturated carbocycles. The largest absolute Gasteiger partial charge is 0.388 e. The molecule has 0 aliphatic rings. The Morgan fingerprint density at radius 2 is 2.06 bits per heavy atom. The smallest absolute Gasteiger partial charge is 0.166 e. The first-order valence-corrected chi connectivity index (χ1v) is 5.15. The SMILES string of the molecule is CCn1c(CO)nnc1-c1ccc(F)cc1F. The Balaban J connectivity index is 2.56. The maximum Gasteiger partial charge on any atom is 0.166 e. The molecule has 1 aromatic heterocycles. The van der Waals surface area contributed by atoms with E-state index in [1.54, 1.807) is 4.57 Å². The maximum atomic E-state index is 13.6. The zero-order valence-electron chi connectivity index (χ0n) is 9.19. The van der Waals surface area contributed by atoms with E-state index in [9.17, 15) is 8.78 Å². The van der Waals surface area contributed by atoms with Crippen molar-refractivity contribution in [2.45, 2.75) is 20.1 Å². The van der Waals surface area contributed by atoms with Gasteiger partial charge in [0.25, 0.3) is 0 Å². The Hall–Kier alpha value is -1.82. The third-order valence-electron chi connectivity index (χ3n) is 2.46. The summed E-state index contributed by atoms with van der Waals surface area (Å²) in [6.07, 6.45) is 0. The van der Waals surface area contributed by atoms with E-state index in [1.165, 1.54) is 6.07 Å². The van der Waals surface area contributed by atoms with Gasteiger partial charge in [0.15, 0.2) is 11.6 Å². The Labute approximate surface area is 96.5 Å². The number of hydrogen-bond acceptors (Lipinski definition) is 3. The van der Waals surface area contributed by atoms with Crippen LogP contribution < -0.4 is 0 Å². The van der Waals surface area contributed by atoms with Gasteiger partial charge in [-0.1, -0.05) is 0 Å². The Morgan fingerprint density at radius 1 is 1.29 bits per heavy atom. The first-order valence-electron chi connectivity index (χ1n) is 5.15. The Morgan fingerprint density at radius 3 is 2.65 bits per heavy atom. The van der Waals surface area contributed by atoms with Crippen LogP contribution in [0.3, 0.4) is 0 Å². The third kappa shape index (κ3) is 2.03. The molecule has 0 spiro atoms. The molecule has 0 aliphatic carbocycles. The third-order valence-corrected chi connectivity index (χ3v) is 2.46. The van der Waals surface area contributed by atoms with Crippen LogP contribution >= 0.6 is 0 Å². The van der Waals surface area contributed by atoms with E-state index >= 15 is 0 Å². The van der Waals surface area contributed by atoms with Crippen molar-refractivity contribution in [3.63, 3.8) is 0 Å². The minimum atomic E-state index is -0.698. The zero-order valence-corrected chi connectivity index (χ0v) is 9.19. The lowest BCUT2D eigenvalue weighted by Gasteiger charge is -2.06. The highest BCUT2D eigenvalue weighted by Crippen LogP contribution is 2.22. The van der Waals surface area contributed by atoms with Crippen LogP contribution in [0.5, 0.6) is 0 Å². The van der Waals surface area contributed by atoms with Crippen molar-refractivity contribution in [3.05, 3.63) is 35.7 Å². The van der Waals surface area contributed by atoms with Crippen molar-refractivity contribution in [1.82, 2.24) is 14.8 Å². The van der Waals surface area contributed by atoms with Gasteiger partial charge < -0.3 is 9.67 Å². The molecule has 2 aromatic rings. The number of halogens is 2. The number of nitrogens with zero attached hydrogens (tertiary/aromatic N) is 3. The summed E-state index contributed by atoms with van der Waals surface area (Å²) >= 11 is 0. The quantitative estimate of drug-likeness (QED) is 0.887. The highest BCUT2D eigenvalue weighted by atomic mass is 19.1. The highest BCUT2D eigenvalue weighted by molar-refractivity contribution is 5.56. The van der Waals surface area contributed by atoms with Gasteiger partial charge in [-0.05, 0) is 19.1 Å². The van der Waals surface area contributed by atoms with E-state index in [0.29, 0.717) is 12.4 Å². The number of hydrogen-bond donors (Lipinski definition) is 1. The summed E-state index contributed by atoms with van der Waals surface area (Å²) in [5, 5.41) is 16.6. The fourth-order valence-corrected chi connectivity index (χ4v) is 1.65. The molecule has 1 N–H and O–H groups in total. The van der Waals surface area contributed by atoms with Gasteiger partial charge in [0, 0.05) is 12.6 Å². The lowest BCUT2D eigenvalue weighted by Crippen LogP contribution is -2.04. The summed E-state index contributed by atoms with van der Waals surface area (Å²) in [6.45, 7) is 2.05. The van der Waals surface area contributed by atoms with E-state index in [1.807, 2.05) is 6.92 Å². The average molecular weight is 239 g/mol. The second kappa shape index (κ2) is 4.58. The van der Waals surface area contributed by atoms with Crippen molar-refractivity contribution in [2.75, 3.05) is 0 Å². The summed E-state index contributed by atoms with van der Waals surface area (Å²) in [5.41, 5.74) is 0.167. The van der Waals surface area contributed by atoms with Gasteiger partial charge >= 0.3 is 0 Å². The van der Waals surface area contributed by atoms with Crippen molar-refractivity contribution in [1.29, 1.82) is 0 Å². The van der Waals surface area contributed by atoms with Gasteiger partial charge in [-0.3, -0.25) is 0 Å². The molecule has 17 heavy (non-hydrogen) atoms. The lowest BCUT2D eigenvalue weighted by molar-refractivity contribution is 0.265. The lowest BCUT2D eigenvalue weighted by atomic mass is 10.2. The first-order chi connectivity index (χ1) is 8.17. The molecule has 1 aromatic carbocycles. The molecule has 0 bridgehead atoms. The van der Waals surface area contributed by atoms with Crippen LogP contribution in [0.15, 0.2) is 18.2 Å². The Bertz CT molecular complexity index is 540. The normalized spacial score (nSPS) is 10.8. The van der Waals surface area contributed by atoms with Gasteiger partial charge in [-0.25, -0.2) is 8.78 Å². The molecule has 0 aliphatic heterocycles. The molecule has 0 unspecified atom stereocenters. The van der Waals surface area contributed by atoms with Crippen LogP contribution in [0.2, 0.25) is 0 Å². The second-order valence-electron chi connectivity index (χ2n) is 3.47. The fraction of sp³-hybridized carbons (Fsp3) is 0.273. The predicted octanol–water partition coefficient (Wildman–Crippen LogP) is 1.74. The zero-order chi connectivity index (χ0) is 12.4. The molecule has 0 amide bonds. The molecule has 0 saturated heterocycles. The molecule has 0 radical (unpaired) electrons. The van der Waals surface area contributed by atoms with E-state index < -0.39 is 11.6 Å². The monoisotopic (exact) mass is 239 g/mol. The fourth-order valence-electron chi connectivity index (χ4n) is 1.65. The Kier molecular flexibility index (Phi) is 3.14. The number of aliphatic hydroxyl groups is 1. The molecule has 0 fully saturated rings. The number of aliphatic hydroxyl groups excluding tert-OH is 1. The van der Waals surface area contributed by atoms with Crippen LogP contribution in [-0.4, -0.2) is 19.9 Å². The molecule has 4 nitrogen and oxygen atoms in total. The van der Waals surface area contributed by atoms with Gasteiger partial charge in [0.2, 0.25) is 0 Å². The van der Waals surface area contributed by atoms with Crippen molar-refractivity contribution in [2.24, 2.45) is 0 Å². The molecule has 90 valence electrons. The second-order valence-corrected chi connectivity index (χ2v) is 3.47. The van der Waals surface area contributed by atoms with Gasteiger partial charge in [0.05, 0.1) is 5.56 Å². The minimum Gasteiger partial charge on any atom is -0.388 e. The van der Waals surface area contributed by atoms with Crippen LogP contribution in [0, 0.1) is 11.6 Å². The van der Waals surface area contributed by atoms with Crippen LogP contribution in [0.4, 0.5) is 8.78 Å². The molecule has 6 heteroatoms. The summed E-state index contributed by atoms with van der Waals surface area (Å²) < 4.78 is 28.0. The number of benzene rings is 1. The van der Waals surface area contributed by atoms with Crippen LogP contribution in [0.1, 0.15) is 12.7 Å². The molecular weight excluding hydrogens is 228 g/mol. The van der Waals surface area contributed by atoms with Crippen LogP contribution in [0.25, 0.3) is 11.4 Å². The van der Waals surface area contributed by atoms with Gasteiger partial charge in [0.1, 0.15) is 18.2 Å². The van der Waals surface area contributed by atoms with Gasteiger partial charge in [-0.2, -0.15) is 0 Å². The first kappa shape index (κ1) is 11.7. The average Bonchev–Trinajstić information content (AvgIpc) is 2.71. The summed E-state index contributed by atoms with van der Waals surface area (Å²) in [5.74, 6) is -0.701. The van der Waals surface area contributed by atoms with Crippen molar-refractivity contribution in [3.8, 4) is 11.4 Å². The van der Waals surface area contributed by atoms with Crippen LogP contribution in [-0.2, 0) is 13.2 Å². The van der Waals surface area contributed by atoms with E-state index in [0.717, 1.165) is 12.1 Å². The topological polar surface area (TPSA) is 50.9 Å². The van der Waals surface area contributed by atoms with E-state index in [-0.39, 0.29) is 18.0 Å². The van der Waals surface area contributed by atoms with E-state index in [4.69, 9.17) is 5.11 Å².